The zero-order valence-electron chi connectivity index (χ0n) is 28.4. The highest BCUT2D eigenvalue weighted by atomic mass is 16.7. The van der Waals surface area contributed by atoms with E-state index in [0.717, 1.165) is 94.6 Å². The van der Waals surface area contributed by atoms with E-state index in [1.54, 1.807) is 0 Å². The van der Waals surface area contributed by atoms with E-state index in [1.807, 2.05) is 0 Å². The monoisotopic (exact) mass is 606 g/mol. The van der Waals surface area contributed by atoms with Gasteiger partial charge >= 0.3 is 6.16 Å². The van der Waals surface area contributed by atoms with Gasteiger partial charge in [0.1, 0.15) is 0 Å². The standard InChI is InChI=1S/C37H66O6/c1-5-9-13-17-19-21-23-27-31-32(28-24-22-20-18-14-10-6-2)34(41-29-25-15-11-7-3)36(42-30-26-16-12-8-4)35(33(31)38)43-37(39)40/h38H,5-30H2,1-4H3,(H,39,40). The van der Waals surface area contributed by atoms with Crippen LogP contribution in [0.2, 0.25) is 0 Å². The Kier molecular flexibility index (Phi) is 23.8. The molecule has 1 aromatic rings. The van der Waals surface area contributed by atoms with Crippen LogP contribution in [-0.4, -0.2) is 29.6 Å². The Morgan fingerprint density at radius 2 is 0.860 bits per heavy atom. The lowest BCUT2D eigenvalue weighted by Crippen LogP contribution is -2.12. The number of ether oxygens (including phenoxy) is 3. The zero-order valence-corrected chi connectivity index (χ0v) is 28.4. The van der Waals surface area contributed by atoms with Gasteiger partial charge in [0.2, 0.25) is 11.5 Å². The number of phenols is 1. The van der Waals surface area contributed by atoms with E-state index in [-0.39, 0.29) is 17.2 Å². The highest BCUT2D eigenvalue weighted by Crippen LogP contribution is 2.51. The lowest BCUT2D eigenvalue weighted by atomic mass is 9.93. The van der Waals surface area contributed by atoms with Gasteiger partial charge in [0.05, 0.1) is 13.2 Å². The first-order valence-electron chi connectivity index (χ1n) is 18.1. The van der Waals surface area contributed by atoms with Crippen molar-refractivity contribution < 1.29 is 29.2 Å². The molecule has 0 heterocycles. The molecule has 6 heteroatoms. The largest absolute Gasteiger partial charge is 0.511 e. The fraction of sp³-hybridized carbons (Fsp3) is 0.811. The Hall–Kier alpha value is -2.11. The fourth-order valence-corrected chi connectivity index (χ4v) is 5.69. The van der Waals surface area contributed by atoms with Gasteiger partial charge in [0.25, 0.3) is 0 Å². The van der Waals surface area contributed by atoms with Crippen molar-refractivity contribution in [2.75, 3.05) is 13.2 Å². The topological polar surface area (TPSA) is 85.2 Å². The van der Waals surface area contributed by atoms with Crippen molar-refractivity contribution in [2.24, 2.45) is 0 Å². The molecule has 0 aliphatic heterocycles. The lowest BCUT2D eigenvalue weighted by Gasteiger charge is -2.23. The van der Waals surface area contributed by atoms with Crippen LogP contribution in [0.25, 0.3) is 0 Å². The van der Waals surface area contributed by atoms with Gasteiger partial charge in [-0.1, -0.05) is 143 Å². The Morgan fingerprint density at radius 3 is 1.30 bits per heavy atom. The predicted octanol–water partition coefficient (Wildman–Crippen LogP) is 12.0. The molecule has 1 aromatic carbocycles. The van der Waals surface area contributed by atoms with Crippen LogP contribution in [0.15, 0.2) is 0 Å². The summed E-state index contributed by atoms with van der Waals surface area (Å²) in [4.78, 5) is 11.8. The second-order valence-electron chi connectivity index (χ2n) is 12.2. The van der Waals surface area contributed by atoms with Crippen LogP contribution in [0.1, 0.15) is 180 Å². The molecule has 0 aliphatic carbocycles. The summed E-state index contributed by atoms with van der Waals surface area (Å²) < 4.78 is 18.0. The summed E-state index contributed by atoms with van der Waals surface area (Å²) in [7, 11) is 0. The third-order valence-corrected chi connectivity index (χ3v) is 8.29. The van der Waals surface area contributed by atoms with Crippen LogP contribution >= 0.6 is 0 Å². The molecule has 1 rings (SSSR count). The van der Waals surface area contributed by atoms with Crippen LogP contribution in [0, 0.1) is 0 Å². The van der Waals surface area contributed by atoms with Gasteiger partial charge in [0.15, 0.2) is 11.5 Å². The Balaban J connectivity index is 3.36. The maximum atomic E-state index is 11.8. The first-order chi connectivity index (χ1) is 21.0. The summed E-state index contributed by atoms with van der Waals surface area (Å²) in [6.45, 7) is 9.79. The smallest absolute Gasteiger partial charge is 0.504 e. The normalized spacial score (nSPS) is 11.2. The zero-order chi connectivity index (χ0) is 31.5. The van der Waals surface area contributed by atoms with Gasteiger partial charge in [0, 0.05) is 11.1 Å². The summed E-state index contributed by atoms with van der Waals surface area (Å²) in [5.74, 6) is 0.652. The molecule has 0 atom stereocenters. The van der Waals surface area contributed by atoms with Crippen LogP contribution in [-0.2, 0) is 12.8 Å². The van der Waals surface area contributed by atoms with Gasteiger partial charge in [-0.25, -0.2) is 4.79 Å². The van der Waals surface area contributed by atoms with Gasteiger partial charge < -0.3 is 24.4 Å². The second kappa shape index (κ2) is 26.3. The maximum Gasteiger partial charge on any atom is 0.511 e. The maximum absolute atomic E-state index is 11.8. The van der Waals surface area contributed by atoms with Crippen LogP contribution in [0.4, 0.5) is 4.79 Å². The minimum Gasteiger partial charge on any atom is -0.504 e. The van der Waals surface area contributed by atoms with E-state index < -0.39 is 6.16 Å². The number of benzene rings is 1. The summed E-state index contributed by atoms with van der Waals surface area (Å²) in [6.07, 6.45) is 25.0. The summed E-state index contributed by atoms with van der Waals surface area (Å²) in [5.41, 5.74) is 1.76. The van der Waals surface area contributed by atoms with E-state index in [9.17, 15) is 15.0 Å². The molecular formula is C37H66O6. The quantitative estimate of drug-likeness (QED) is 0.0536. The second-order valence-corrected chi connectivity index (χ2v) is 12.2. The lowest BCUT2D eigenvalue weighted by molar-refractivity contribution is 0.139. The number of carbonyl (C=O) groups is 1. The number of aromatic hydroxyl groups is 1. The SMILES string of the molecule is CCCCCCCCCc1c(O)c(OC(=O)O)c(OCCCCCC)c(OCCCCCC)c1CCCCCCCCC. The van der Waals surface area contributed by atoms with Crippen molar-refractivity contribution in [2.45, 2.75) is 182 Å². The van der Waals surface area contributed by atoms with Crippen LogP contribution < -0.4 is 14.2 Å². The van der Waals surface area contributed by atoms with Gasteiger partial charge in [-0.3, -0.25) is 0 Å². The van der Waals surface area contributed by atoms with Crippen LogP contribution in [0.5, 0.6) is 23.0 Å². The molecule has 0 saturated heterocycles. The first-order valence-corrected chi connectivity index (χ1v) is 18.1. The Morgan fingerprint density at radius 1 is 0.488 bits per heavy atom. The van der Waals surface area contributed by atoms with E-state index in [4.69, 9.17) is 14.2 Å². The van der Waals surface area contributed by atoms with Crippen molar-refractivity contribution in [3.8, 4) is 23.0 Å². The number of hydrogen-bond acceptors (Lipinski definition) is 5. The average Bonchev–Trinajstić information content (AvgIpc) is 2.99. The summed E-state index contributed by atoms with van der Waals surface area (Å²) in [5, 5.41) is 21.2. The highest BCUT2D eigenvalue weighted by Gasteiger charge is 2.29. The highest BCUT2D eigenvalue weighted by molar-refractivity contribution is 5.72. The Bertz CT molecular complexity index is 837. The number of carboxylic acid groups (broad SMARTS) is 1. The number of hydrogen-bond donors (Lipinski definition) is 2. The van der Waals surface area contributed by atoms with E-state index in [0.29, 0.717) is 25.4 Å². The van der Waals surface area contributed by atoms with Crippen molar-refractivity contribution >= 4 is 6.16 Å². The minimum atomic E-state index is -1.46. The third-order valence-electron chi connectivity index (χ3n) is 8.29. The number of phenolic OH excluding ortho intramolecular Hbond substituents is 1. The van der Waals surface area contributed by atoms with Crippen molar-refractivity contribution in [3.63, 3.8) is 0 Å². The molecular weight excluding hydrogens is 540 g/mol. The molecule has 0 amide bonds. The molecule has 0 spiro atoms. The molecule has 0 radical (unpaired) electrons. The third kappa shape index (κ3) is 17.1. The van der Waals surface area contributed by atoms with Gasteiger partial charge in [-0.05, 0) is 38.5 Å². The van der Waals surface area contributed by atoms with E-state index >= 15 is 0 Å². The molecule has 0 fully saturated rings. The number of unbranched alkanes of at least 4 members (excludes halogenated alkanes) is 18. The molecule has 2 N–H and O–H groups in total. The van der Waals surface area contributed by atoms with Gasteiger partial charge in [-0.15, -0.1) is 0 Å². The molecule has 6 nitrogen and oxygen atoms in total. The fourth-order valence-electron chi connectivity index (χ4n) is 5.69. The van der Waals surface area contributed by atoms with Crippen molar-refractivity contribution in [3.05, 3.63) is 11.1 Å². The predicted molar refractivity (Wildman–Crippen MR) is 179 cm³/mol. The van der Waals surface area contributed by atoms with Crippen LogP contribution in [0.3, 0.4) is 0 Å². The van der Waals surface area contributed by atoms with Gasteiger partial charge in [-0.2, -0.15) is 0 Å². The average molecular weight is 607 g/mol. The van der Waals surface area contributed by atoms with Crippen molar-refractivity contribution in [1.82, 2.24) is 0 Å². The number of rotatable bonds is 29. The summed E-state index contributed by atoms with van der Waals surface area (Å²) >= 11 is 0. The first kappa shape index (κ1) is 38.9. The van der Waals surface area contributed by atoms with Crippen molar-refractivity contribution in [1.29, 1.82) is 0 Å². The molecule has 250 valence electrons. The van der Waals surface area contributed by atoms with E-state index in [1.165, 1.54) is 64.2 Å². The minimum absolute atomic E-state index is 0.0896. The molecule has 0 aromatic heterocycles. The van der Waals surface area contributed by atoms with E-state index in [2.05, 4.69) is 27.7 Å². The molecule has 0 saturated carbocycles. The molecule has 0 unspecified atom stereocenters. The molecule has 0 bridgehead atoms. The Labute approximate surface area is 264 Å². The summed E-state index contributed by atoms with van der Waals surface area (Å²) in [6, 6.07) is 0. The molecule has 0 aliphatic rings. The molecule has 43 heavy (non-hydrogen) atoms.